The van der Waals surface area contributed by atoms with Crippen molar-refractivity contribution in [3.63, 3.8) is 0 Å². The first-order chi connectivity index (χ1) is 22.7. The number of aromatic amines is 1. The minimum atomic E-state index is -0.780. The highest BCUT2D eigenvalue weighted by molar-refractivity contribution is 6.30. The largest absolute Gasteiger partial charge is 0.445 e. The van der Waals surface area contributed by atoms with Crippen molar-refractivity contribution in [2.75, 3.05) is 45.2 Å². The lowest BCUT2D eigenvalue weighted by Gasteiger charge is -2.38. The Balaban J connectivity index is 1.18. The van der Waals surface area contributed by atoms with Crippen LogP contribution in [0.5, 0.6) is 0 Å². The Morgan fingerprint density at radius 1 is 1.02 bits per heavy atom. The molecular weight excluding hydrogens is 614 g/mol. The van der Waals surface area contributed by atoms with Gasteiger partial charge in [0.2, 0.25) is 11.8 Å². The van der Waals surface area contributed by atoms with E-state index in [1.165, 1.54) is 0 Å². The number of aromatic nitrogens is 1. The van der Waals surface area contributed by atoms with Crippen molar-refractivity contribution >= 4 is 46.1 Å². The number of carbonyl (C=O) groups excluding carboxylic acids is 3. The monoisotopic (exact) mass is 655 g/mol. The highest BCUT2D eigenvalue weighted by Gasteiger charge is 2.36. The Hall–Kier alpha value is -4.34. The number of amides is 3. The number of carbonyl (C=O) groups is 3. The van der Waals surface area contributed by atoms with Crippen molar-refractivity contribution in [2.24, 2.45) is 11.8 Å². The van der Waals surface area contributed by atoms with Crippen LogP contribution in [0.25, 0.3) is 10.9 Å². The van der Waals surface area contributed by atoms with Crippen LogP contribution >= 0.6 is 11.6 Å². The minimum Gasteiger partial charge on any atom is -0.445 e. The highest BCUT2D eigenvalue weighted by atomic mass is 35.5. The molecule has 246 valence electrons. The smallest absolute Gasteiger partial charge is 0.410 e. The first-order valence-electron chi connectivity index (χ1n) is 16.3. The fraction of sp³-hybridized carbons (Fsp3) is 0.378. The van der Waals surface area contributed by atoms with Gasteiger partial charge in [-0.25, -0.2) is 4.79 Å². The second-order valence-electron chi connectivity index (χ2n) is 13.0. The summed E-state index contributed by atoms with van der Waals surface area (Å²) in [6.45, 7) is 2.41. The standard InChI is InChI=1S/C37H42ClN5O4/c1-41(2)22-26-18-28-19-30(38)12-13-34(28)43(23-26)36(45)33(20-29-21-39-32-11-7-6-10-31(29)32)40-35(44)27-14-16-42(17-15-27)37(46)47-24-25-8-4-3-5-9-25/h3-13,19,21,26-27,33,39H,14-18,20,22-24H2,1-2H3,(H,40,44)/t26?,33-/m1/s1. The molecule has 3 aromatic carbocycles. The summed E-state index contributed by atoms with van der Waals surface area (Å²) in [5.74, 6) is -0.410. The lowest BCUT2D eigenvalue weighted by atomic mass is 9.90. The lowest BCUT2D eigenvalue weighted by Crippen LogP contribution is -2.54. The van der Waals surface area contributed by atoms with Gasteiger partial charge in [0.05, 0.1) is 0 Å². The summed E-state index contributed by atoms with van der Waals surface area (Å²) in [6, 6.07) is 22.4. The molecule has 3 amide bonds. The summed E-state index contributed by atoms with van der Waals surface area (Å²) < 4.78 is 5.51. The van der Waals surface area contributed by atoms with Crippen LogP contribution < -0.4 is 10.2 Å². The van der Waals surface area contributed by atoms with E-state index in [4.69, 9.17) is 16.3 Å². The van der Waals surface area contributed by atoms with Gasteiger partial charge in [-0.2, -0.15) is 0 Å². The zero-order valence-corrected chi connectivity index (χ0v) is 27.7. The number of nitrogens with zero attached hydrogens (tertiary/aromatic N) is 3. The van der Waals surface area contributed by atoms with Gasteiger partial charge in [-0.05, 0) is 80.2 Å². The molecule has 0 spiro atoms. The topological polar surface area (TPSA) is 98.0 Å². The normalized spacial score (nSPS) is 17.4. The number of benzene rings is 3. The van der Waals surface area contributed by atoms with Crippen molar-refractivity contribution in [3.05, 3.63) is 101 Å². The first kappa shape index (κ1) is 32.6. The average molecular weight is 656 g/mol. The molecule has 2 N–H and O–H groups in total. The number of likely N-dealkylation sites (tertiary alicyclic amines) is 1. The van der Waals surface area contributed by atoms with Gasteiger partial charge in [0.25, 0.3) is 0 Å². The summed E-state index contributed by atoms with van der Waals surface area (Å²) >= 11 is 6.39. The molecule has 3 heterocycles. The van der Waals surface area contributed by atoms with Gasteiger partial charge in [-0.1, -0.05) is 60.1 Å². The molecule has 1 saturated heterocycles. The number of nitrogens with one attached hydrogen (secondary N) is 2. The Morgan fingerprint density at radius 2 is 1.77 bits per heavy atom. The van der Waals surface area contributed by atoms with E-state index in [-0.39, 0.29) is 36.4 Å². The Morgan fingerprint density at radius 3 is 2.53 bits per heavy atom. The van der Waals surface area contributed by atoms with Gasteiger partial charge in [-0.3, -0.25) is 9.59 Å². The molecule has 0 aliphatic carbocycles. The van der Waals surface area contributed by atoms with Gasteiger partial charge in [0, 0.05) is 66.3 Å². The first-order valence-corrected chi connectivity index (χ1v) is 16.7. The molecule has 1 fully saturated rings. The van der Waals surface area contributed by atoms with Crippen LogP contribution in [0.15, 0.2) is 79.0 Å². The maximum absolute atomic E-state index is 14.6. The predicted octanol–water partition coefficient (Wildman–Crippen LogP) is 5.66. The van der Waals surface area contributed by atoms with E-state index < -0.39 is 6.04 Å². The molecule has 0 bridgehead atoms. The predicted molar refractivity (Wildman–Crippen MR) is 184 cm³/mol. The van der Waals surface area contributed by atoms with Crippen molar-refractivity contribution in [3.8, 4) is 0 Å². The molecule has 2 atom stereocenters. The molecule has 1 unspecified atom stereocenters. The van der Waals surface area contributed by atoms with Crippen LogP contribution in [-0.2, 0) is 33.8 Å². The summed E-state index contributed by atoms with van der Waals surface area (Å²) in [5, 5.41) is 4.83. The van der Waals surface area contributed by atoms with Gasteiger partial charge in [0.15, 0.2) is 0 Å². The molecule has 47 heavy (non-hydrogen) atoms. The number of H-pyrrole nitrogens is 1. The average Bonchev–Trinajstić information content (AvgIpc) is 3.49. The van der Waals surface area contributed by atoms with E-state index in [2.05, 4.69) is 15.2 Å². The quantitative estimate of drug-likeness (QED) is 0.242. The van der Waals surface area contributed by atoms with E-state index in [1.807, 2.05) is 98.0 Å². The third-order valence-electron chi connectivity index (χ3n) is 9.21. The maximum atomic E-state index is 14.6. The van der Waals surface area contributed by atoms with Crippen LogP contribution in [-0.4, -0.2) is 79.0 Å². The molecule has 6 rings (SSSR count). The van der Waals surface area contributed by atoms with E-state index in [0.717, 1.165) is 46.2 Å². The van der Waals surface area contributed by atoms with Crippen LogP contribution in [0.3, 0.4) is 0 Å². The highest BCUT2D eigenvalue weighted by Crippen LogP contribution is 2.33. The summed E-state index contributed by atoms with van der Waals surface area (Å²) in [5.41, 5.74) is 4.75. The summed E-state index contributed by atoms with van der Waals surface area (Å²) in [6.07, 6.45) is 3.71. The number of piperidine rings is 1. The second-order valence-corrected chi connectivity index (χ2v) is 13.4. The maximum Gasteiger partial charge on any atom is 0.410 e. The van der Waals surface area contributed by atoms with Crippen LogP contribution in [0.1, 0.15) is 29.5 Å². The number of anilines is 1. The SMILES string of the molecule is CN(C)CC1Cc2cc(Cl)ccc2N(C(=O)[C@@H](Cc2c[nH]c3ccccc23)NC(=O)C2CCN(C(=O)OCc3ccccc3)CC2)C1. The molecule has 1 aromatic heterocycles. The Kier molecular flexibility index (Phi) is 10.1. The van der Waals surface area contributed by atoms with Crippen LogP contribution in [0.4, 0.5) is 10.5 Å². The van der Waals surface area contributed by atoms with E-state index in [9.17, 15) is 14.4 Å². The van der Waals surface area contributed by atoms with Crippen molar-refractivity contribution in [2.45, 2.75) is 38.3 Å². The molecular formula is C37H42ClN5O4. The molecule has 0 saturated carbocycles. The number of rotatable bonds is 9. The van der Waals surface area contributed by atoms with Crippen molar-refractivity contribution < 1.29 is 19.1 Å². The van der Waals surface area contributed by atoms with Gasteiger partial charge in [-0.15, -0.1) is 0 Å². The van der Waals surface area contributed by atoms with E-state index in [1.54, 1.807) is 4.90 Å². The second kappa shape index (κ2) is 14.6. The molecule has 4 aromatic rings. The third-order valence-corrected chi connectivity index (χ3v) is 9.45. The molecule has 2 aliphatic rings. The third kappa shape index (κ3) is 7.80. The van der Waals surface area contributed by atoms with Gasteiger partial charge in [0.1, 0.15) is 12.6 Å². The lowest BCUT2D eigenvalue weighted by molar-refractivity contribution is -0.131. The molecule has 10 heteroatoms. The Labute approximate surface area is 280 Å². The number of halogens is 1. The molecule has 0 radical (unpaired) electrons. The number of hydrogen-bond acceptors (Lipinski definition) is 5. The fourth-order valence-electron chi connectivity index (χ4n) is 6.89. The van der Waals surface area contributed by atoms with E-state index >= 15 is 0 Å². The van der Waals surface area contributed by atoms with Gasteiger partial charge >= 0.3 is 6.09 Å². The van der Waals surface area contributed by atoms with Crippen molar-refractivity contribution in [1.82, 2.24) is 20.1 Å². The molecule has 2 aliphatic heterocycles. The van der Waals surface area contributed by atoms with E-state index in [0.29, 0.717) is 43.9 Å². The Bertz CT molecular complexity index is 1720. The minimum absolute atomic E-state index is 0.141. The van der Waals surface area contributed by atoms with Gasteiger partial charge < -0.3 is 29.7 Å². The zero-order valence-electron chi connectivity index (χ0n) is 27.0. The number of ether oxygens (including phenoxy) is 1. The summed E-state index contributed by atoms with van der Waals surface area (Å²) in [7, 11) is 4.07. The van der Waals surface area contributed by atoms with Crippen molar-refractivity contribution in [1.29, 1.82) is 0 Å². The molecule has 9 nitrogen and oxygen atoms in total. The number of fused-ring (bicyclic) bond motifs is 2. The number of para-hydroxylation sites is 1. The summed E-state index contributed by atoms with van der Waals surface area (Å²) in [4.78, 5) is 50.1. The number of hydrogen-bond donors (Lipinski definition) is 2. The zero-order chi connectivity index (χ0) is 32.9. The fourth-order valence-corrected chi connectivity index (χ4v) is 7.09. The van der Waals surface area contributed by atoms with Crippen LogP contribution in [0.2, 0.25) is 5.02 Å². The van der Waals surface area contributed by atoms with Crippen LogP contribution in [0, 0.1) is 11.8 Å².